The lowest BCUT2D eigenvalue weighted by molar-refractivity contribution is -0.124. The van der Waals surface area contributed by atoms with Gasteiger partial charge in [-0.25, -0.2) is 0 Å². The summed E-state index contributed by atoms with van der Waals surface area (Å²) in [7, 11) is 0. The summed E-state index contributed by atoms with van der Waals surface area (Å²) in [6.07, 6.45) is 5.06. The predicted molar refractivity (Wildman–Crippen MR) is 66.7 cm³/mol. The van der Waals surface area contributed by atoms with Gasteiger partial charge in [0, 0.05) is 25.7 Å². The summed E-state index contributed by atoms with van der Waals surface area (Å²) in [6, 6.07) is 0.884. The zero-order valence-corrected chi connectivity index (χ0v) is 10.5. The van der Waals surface area contributed by atoms with Gasteiger partial charge >= 0.3 is 0 Å². The lowest BCUT2D eigenvalue weighted by Crippen LogP contribution is -2.36. The third kappa shape index (κ3) is 2.80. The summed E-state index contributed by atoms with van der Waals surface area (Å²) in [5.41, 5.74) is 0. The molecule has 0 aromatic heterocycles. The smallest absolute Gasteiger partial charge is 0.224 e. The normalized spacial score (nSPS) is 34.1. The highest BCUT2D eigenvalue weighted by atomic mass is 16.1. The summed E-state index contributed by atoms with van der Waals surface area (Å²) in [5, 5.41) is 6.38. The SMILES string of the molecule is O=C(NCC1CCN(C2CC2)C1)C1CCNC1. The van der Waals surface area contributed by atoms with Gasteiger partial charge in [-0.1, -0.05) is 0 Å². The van der Waals surface area contributed by atoms with Gasteiger partial charge in [0.05, 0.1) is 5.92 Å². The van der Waals surface area contributed by atoms with Crippen molar-refractivity contribution in [2.45, 2.75) is 31.7 Å². The third-order valence-electron chi connectivity index (χ3n) is 4.38. The van der Waals surface area contributed by atoms with E-state index in [0.717, 1.165) is 32.1 Å². The van der Waals surface area contributed by atoms with Crippen LogP contribution in [0.25, 0.3) is 0 Å². The highest BCUT2D eigenvalue weighted by Crippen LogP contribution is 2.31. The molecular weight excluding hydrogens is 214 g/mol. The molecule has 0 aromatic rings. The van der Waals surface area contributed by atoms with Crippen LogP contribution in [0, 0.1) is 11.8 Å². The molecule has 1 aliphatic carbocycles. The minimum Gasteiger partial charge on any atom is -0.355 e. The number of carbonyl (C=O) groups is 1. The molecule has 2 aliphatic heterocycles. The molecule has 0 radical (unpaired) electrons. The largest absolute Gasteiger partial charge is 0.355 e. The number of nitrogens with one attached hydrogen (secondary N) is 2. The van der Waals surface area contributed by atoms with Crippen LogP contribution in [0.4, 0.5) is 0 Å². The zero-order chi connectivity index (χ0) is 11.7. The Bertz CT molecular complexity index is 284. The van der Waals surface area contributed by atoms with Crippen molar-refractivity contribution in [1.29, 1.82) is 0 Å². The standard InChI is InChI=1S/C13H23N3O/c17-13(11-3-5-14-8-11)15-7-10-4-6-16(9-10)12-1-2-12/h10-12,14H,1-9H2,(H,15,17). The van der Waals surface area contributed by atoms with E-state index in [0.29, 0.717) is 5.92 Å². The van der Waals surface area contributed by atoms with Crippen LogP contribution < -0.4 is 10.6 Å². The fourth-order valence-electron chi connectivity index (χ4n) is 3.07. The van der Waals surface area contributed by atoms with Crippen molar-refractivity contribution in [3.05, 3.63) is 0 Å². The first kappa shape index (κ1) is 11.5. The van der Waals surface area contributed by atoms with Gasteiger partial charge in [0.2, 0.25) is 5.91 Å². The van der Waals surface area contributed by atoms with Crippen LogP contribution >= 0.6 is 0 Å². The average Bonchev–Trinajstić information content (AvgIpc) is 2.88. The van der Waals surface area contributed by atoms with E-state index in [9.17, 15) is 4.79 Å². The summed E-state index contributed by atoms with van der Waals surface area (Å²) in [5.74, 6) is 1.17. The van der Waals surface area contributed by atoms with Crippen molar-refractivity contribution in [3.63, 3.8) is 0 Å². The van der Waals surface area contributed by atoms with E-state index in [2.05, 4.69) is 15.5 Å². The summed E-state index contributed by atoms with van der Waals surface area (Å²) >= 11 is 0. The van der Waals surface area contributed by atoms with Crippen molar-refractivity contribution in [3.8, 4) is 0 Å². The highest BCUT2D eigenvalue weighted by molar-refractivity contribution is 5.79. The molecule has 1 saturated carbocycles. The maximum atomic E-state index is 11.9. The molecule has 96 valence electrons. The van der Waals surface area contributed by atoms with Crippen LogP contribution in [0.15, 0.2) is 0 Å². The Labute approximate surface area is 103 Å². The lowest BCUT2D eigenvalue weighted by atomic mass is 10.1. The quantitative estimate of drug-likeness (QED) is 0.734. The van der Waals surface area contributed by atoms with Gasteiger partial charge in [0.25, 0.3) is 0 Å². The zero-order valence-electron chi connectivity index (χ0n) is 10.5. The topological polar surface area (TPSA) is 44.4 Å². The Morgan fingerprint density at radius 1 is 1.29 bits per heavy atom. The fraction of sp³-hybridized carbons (Fsp3) is 0.923. The second-order valence-corrected chi connectivity index (χ2v) is 5.82. The molecule has 2 unspecified atom stereocenters. The number of rotatable bonds is 4. The number of carbonyl (C=O) groups excluding carboxylic acids is 1. The van der Waals surface area contributed by atoms with Gasteiger partial charge in [0.1, 0.15) is 0 Å². The van der Waals surface area contributed by atoms with Gasteiger partial charge in [0.15, 0.2) is 0 Å². The van der Waals surface area contributed by atoms with Crippen LogP contribution in [-0.2, 0) is 4.79 Å². The number of nitrogens with zero attached hydrogens (tertiary/aromatic N) is 1. The number of hydrogen-bond acceptors (Lipinski definition) is 3. The molecule has 1 amide bonds. The Morgan fingerprint density at radius 2 is 2.18 bits per heavy atom. The Kier molecular flexibility index (Phi) is 3.34. The molecule has 0 spiro atoms. The number of likely N-dealkylation sites (tertiary alicyclic amines) is 1. The van der Waals surface area contributed by atoms with Gasteiger partial charge in [-0.15, -0.1) is 0 Å². The second kappa shape index (κ2) is 4.94. The number of hydrogen-bond donors (Lipinski definition) is 2. The molecule has 2 atom stereocenters. The van der Waals surface area contributed by atoms with Crippen LogP contribution in [0.1, 0.15) is 25.7 Å². The van der Waals surface area contributed by atoms with Crippen LogP contribution in [0.3, 0.4) is 0 Å². The van der Waals surface area contributed by atoms with Gasteiger partial charge in [-0.05, 0) is 44.7 Å². The molecule has 2 saturated heterocycles. The summed E-state index contributed by atoms with van der Waals surface area (Å²) < 4.78 is 0. The Hall–Kier alpha value is -0.610. The van der Waals surface area contributed by atoms with E-state index in [4.69, 9.17) is 0 Å². The molecule has 17 heavy (non-hydrogen) atoms. The van der Waals surface area contributed by atoms with E-state index in [1.54, 1.807) is 0 Å². The Balaban J connectivity index is 1.37. The van der Waals surface area contributed by atoms with Crippen molar-refractivity contribution in [2.24, 2.45) is 11.8 Å². The average molecular weight is 237 g/mol. The van der Waals surface area contributed by atoms with Crippen LogP contribution in [0.5, 0.6) is 0 Å². The molecule has 0 bridgehead atoms. The molecular formula is C13H23N3O. The van der Waals surface area contributed by atoms with E-state index in [-0.39, 0.29) is 11.8 Å². The lowest BCUT2D eigenvalue weighted by Gasteiger charge is -2.16. The Morgan fingerprint density at radius 3 is 2.88 bits per heavy atom. The van der Waals surface area contributed by atoms with Gasteiger partial charge < -0.3 is 15.5 Å². The molecule has 3 aliphatic rings. The molecule has 2 heterocycles. The first-order valence-corrected chi connectivity index (χ1v) is 7.05. The molecule has 2 N–H and O–H groups in total. The van der Waals surface area contributed by atoms with Crippen LogP contribution in [-0.4, -0.2) is 49.6 Å². The molecule has 0 aromatic carbocycles. The van der Waals surface area contributed by atoms with Crippen molar-refractivity contribution < 1.29 is 4.79 Å². The second-order valence-electron chi connectivity index (χ2n) is 5.82. The van der Waals surface area contributed by atoms with Gasteiger partial charge in [-0.3, -0.25) is 4.79 Å². The first-order chi connectivity index (χ1) is 8.33. The van der Waals surface area contributed by atoms with Gasteiger partial charge in [-0.2, -0.15) is 0 Å². The first-order valence-electron chi connectivity index (χ1n) is 7.05. The summed E-state index contributed by atoms with van der Waals surface area (Å²) in [6.45, 7) is 5.20. The van der Waals surface area contributed by atoms with E-state index >= 15 is 0 Å². The maximum absolute atomic E-state index is 11.9. The minimum absolute atomic E-state index is 0.218. The fourth-order valence-corrected chi connectivity index (χ4v) is 3.07. The van der Waals surface area contributed by atoms with Crippen molar-refractivity contribution in [2.75, 3.05) is 32.7 Å². The molecule has 4 heteroatoms. The predicted octanol–water partition coefficient (Wildman–Crippen LogP) is 0.196. The number of amides is 1. The summed E-state index contributed by atoms with van der Waals surface area (Å²) in [4.78, 5) is 14.5. The van der Waals surface area contributed by atoms with E-state index in [1.807, 2.05) is 0 Å². The molecule has 4 nitrogen and oxygen atoms in total. The molecule has 3 fully saturated rings. The highest BCUT2D eigenvalue weighted by Gasteiger charge is 2.34. The van der Waals surface area contributed by atoms with E-state index < -0.39 is 0 Å². The van der Waals surface area contributed by atoms with Crippen LogP contribution in [0.2, 0.25) is 0 Å². The monoisotopic (exact) mass is 237 g/mol. The van der Waals surface area contributed by atoms with Crippen molar-refractivity contribution >= 4 is 5.91 Å². The molecule has 3 rings (SSSR count). The van der Waals surface area contributed by atoms with Crippen molar-refractivity contribution in [1.82, 2.24) is 15.5 Å². The minimum atomic E-state index is 0.218. The third-order valence-corrected chi connectivity index (χ3v) is 4.38. The maximum Gasteiger partial charge on any atom is 0.224 e. The van der Waals surface area contributed by atoms with E-state index in [1.165, 1.54) is 32.4 Å².